The van der Waals surface area contributed by atoms with E-state index in [-0.39, 0.29) is 18.4 Å². The van der Waals surface area contributed by atoms with Crippen LogP contribution in [0.15, 0.2) is 46.9 Å². The highest BCUT2D eigenvalue weighted by atomic mass is 32.2. The summed E-state index contributed by atoms with van der Waals surface area (Å²) in [4.78, 5) is 29.2. The predicted octanol–water partition coefficient (Wildman–Crippen LogP) is 4.24. The molecular weight excluding hydrogens is 376 g/mol. The molecule has 0 atom stereocenters. The summed E-state index contributed by atoms with van der Waals surface area (Å²) in [7, 11) is 0. The number of benzene rings is 1. The fourth-order valence-corrected chi connectivity index (χ4v) is 4.56. The highest BCUT2D eigenvalue weighted by Crippen LogP contribution is 2.32. The Kier molecular flexibility index (Phi) is 6.85. The van der Waals surface area contributed by atoms with E-state index < -0.39 is 0 Å². The first-order valence-electron chi connectivity index (χ1n) is 9.31. The molecule has 2 fully saturated rings. The average molecular weight is 401 g/mol. The third kappa shape index (κ3) is 5.30. The van der Waals surface area contributed by atoms with Gasteiger partial charge in [-0.1, -0.05) is 73.2 Å². The summed E-state index contributed by atoms with van der Waals surface area (Å²) in [5, 5.41) is 0. The van der Waals surface area contributed by atoms with Crippen molar-refractivity contribution < 1.29 is 9.59 Å². The number of hydrogen-bond acceptors (Lipinski definition) is 4. The number of carbonyl (C=O) groups excluding carboxylic acids is 2. The molecule has 2 amide bonds. The summed E-state index contributed by atoms with van der Waals surface area (Å²) in [6.45, 7) is 3.57. The Morgan fingerprint density at radius 2 is 1.81 bits per heavy atom. The van der Waals surface area contributed by atoms with Gasteiger partial charge in [0, 0.05) is 13.1 Å². The molecule has 4 nitrogen and oxygen atoms in total. The van der Waals surface area contributed by atoms with Crippen molar-refractivity contribution in [1.29, 1.82) is 0 Å². The quantitative estimate of drug-likeness (QED) is 0.560. The fraction of sp³-hybridized carbons (Fsp3) is 0.381. The van der Waals surface area contributed by atoms with Gasteiger partial charge < -0.3 is 4.90 Å². The van der Waals surface area contributed by atoms with Gasteiger partial charge in [-0.05, 0) is 37.0 Å². The first kappa shape index (κ1) is 19.8. The lowest BCUT2D eigenvalue weighted by atomic mass is 10.1. The Morgan fingerprint density at radius 1 is 1.15 bits per heavy atom. The van der Waals surface area contributed by atoms with Gasteiger partial charge in [-0.2, -0.15) is 0 Å². The van der Waals surface area contributed by atoms with E-state index in [4.69, 9.17) is 12.2 Å². The largest absolute Gasteiger partial charge is 0.341 e. The molecule has 0 aromatic heterocycles. The second-order valence-corrected chi connectivity index (χ2v) is 8.54. The zero-order valence-corrected chi connectivity index (χ0v) is 17.2. The van der Waals surface area contributed by atoms with Gasteiger partial charge in [0.1, 0.15) is 10.9 Å². The van der Waals surface area contributed by atoms with Crippen molar-refractivity contribution in [3.8, 4) is 0 Å². The fourth-order valence-electron chi connectivity index (χ4n) is 3.25. The smallest absolute Gasteiger partial charge is 0.266 e. The first-order valence-corrected chi connectivity index (χ1v) is 10.5. The molecule has 1 aromatic rings. The van der Waals surface area contributed by atoms with Gasteiger partial charge in [-0.25, -0.2) is 0 Å². The molecule has 3 rings (SSSR count). The topological polar surface area (TPSA) is 40.6 Å². The molecule has 0 spiro atoms. The monoisotopic (exact) mass is 400 g/mol. The molecule has 2 heterocycles. The maximum atomic E-state index is 12.7. The lowest BCUT2D eigenvalue weighted by molar-refractivity contribution is -0.135. The molecule has 0 bridgehead atoms. The van der Waals surface area contributed by atoms with Crippen molar-refractivity contribution >= 4 is 46.2 Å². The van der Waals surface area contributed by atoms with Gasteiger partial charge in [0.25, 0.3) is 5.91 Å². The van der Waals surface area contributed by atoms with Crippen molar-refractivity contribution in [3.63, 3.8) is 0 Å². The number of carbonyl (C=O) groups is 2. The Balaban J connectivity index is 1.67. The number of nitrogens with zero attached hydrogens (tertiary/aromatic N) is 2. The van der Waals surface area contributed by atoms with E-state index in [1.807, 2.05) is 54.3 Å². The van der Waals surface area contributed by atoms with Crippen LogP contribution in [0.25, 0.3) is 6.08 Å². The van der Waals surface area contributed by atoms with Crippen LogP contribution < -0.4 is 0 Å². The Labute approximate surface area is 170 Å². The average Bonchev–Trinajstić information content (AvgIpc) is 2.87. The minimum Gasteiger partial charge on any atom is -0.341 e. The molecule has 1 aromatic carbocycles. The lowest BCUT2D eigenvalue weighted by Gasteiger charge is -2.23. The standard InChI is InChI=1S/C21H24N2O2S2/c1-16(13-17-9-5-4-6-10-17)14-18-20(25)23(21(26)27-18)15-19(24)22-11-7-2-3-8-12-22/h4-6,9-10,13-14H,2-3,7-8,11-12,15H2,1H3/b16-13+,18-14-. The summed E-state index contributed by atoms with van der Waals surface area (Å²) in [5.41, 5.74) is 2.05. The molecule has 0 aliphatic carbocycles. The summed E-state index contributed by atoms with van der Waals surface area (Å²) < 4.78 is 0.460. The van der Waals surface area contributed by atoms with Crippen LogP contribution in [0, 0.1) is 0 Å². The van der Waals surface area contributed by atoms with Crippen LogP contribution in [0.3, 0.4) is 0 Å². The Bertz CT molecular complexity index is 779. The van der Waals surface area contributed by atoms with Crippen molar-refractivity contribution in [1.82, 2.24) is 9.80 Å². The molecule has 0 radical (unpaired) electrons. The predicted molar refractivity (Wildman–Crippen MR) is 115 cm³/mol. The second kappa shape index (κ2) is 9.33. The Hall–Kier alpha value is -1.92. The van der Waals surface area contributed by atoms with Crippen LogP contribution in [-0.4, -0.2) is 45.6 Å². The Morgan fingerprint density at radius 3 is 2.48 bits per heavy atom. The third-order valence-electron chi connectivity index (χ3n) is 4.68. The highest BCUT2D eigenvalue weighted by Gasteiger charge is 2.34. The van der Waals surface area contributed by atoms with Gasteiger partial charge in [0.2, 0.25) is 5.91 Å². The second-order valence-electron chi connectivity index (χ2n) is 6.86. The number of hydrogen-bond donors (Lipinski definition) is 0. The molecular formula is C21H24N2O2S2. The molecule has 27 heavy (non-hydrogen) atoms. The molecule has 2 aliphatic heterocycles. The highest BCUT2D eigenvalue weighted by molar-refractivity contribution is 8.26. The van der Waals surface area contributed by atoms with E-state index in [2.05, 4.69) is 0 Å². The summed E-state index contributed by atoms with van der Waals surface area (Å²) >= 11 is 6.63. The number of likely N-dealkylation sites (tertiary alicyclic amines) is 1. The number of allylic oxidation sites excluding steroid dienone is 2. The zero-order chi connectivity index (χ0) is 19.2. The molecule has 142 valence electrons. The minimum absolute atomic E-state index is 0.00833. The number of thioether (sulfide) groups is 1. The van der Waals surface area contributed by atoms with Gasteiger partial charge in [0.15, 0.2) is 0 Å². The number of rotatable bonds is 4. The van der Waals surface area contributed by atoms with E-state index in [0.717, 1.165) is 37.1 Å². The summed E-state index contributed by atoms with van der Waals surface area (Å²) in [5.74, 6) is -0.181. The van der Waals surface area contributed by atoms with Crippen molar-refractivity contribution in [2.45, 2.75) is 32.6 Å². The van der Waals surface area contributed by atoms with Crippen molar-refractivity contribution in [2.24, 2.45) is 0 Å². The van der Waals surface area contributed by atoms with E-state index in [0.29, 0.717) is 9.23 Å². The van der Waals surface area contributed by atoms with E-state index in [1.54, 1.807) is 0 Å². The number of thiocarbonyl (C=S) groups is 1. The van der Waals surface area contributed by atoms with Gasteiger partial charge >= 0.3 is 0 Å². The van der Waals surface area contributed by atoms with Crippen LogP contribution in [0.4, 0.5) is 0 Å². The van der Waals surface area contributed by atoms with Gasteiger partial charge in [-0.15, -0.1) is 0 Å². The van der Waals surface area contributed by atoms with Crippen molar-refractivity contribution in [2.75, 3.05) is 19.6 Å². The zero-order valence-electron chi connectivity index (χ0n) is 15.5. The van der Waals surface area contributed by atoms with E-state index in [9.17, 15) is 9.59 Å². The molecule has 0 unspecified atom stereocenters. The molecule has 0 saturated carbocycles. The van der Waals surface area contributed by atoms with Crippen LogP contribution in [0.1, 0.15) is 38.2 Å². The van der Waals surface area contributed by atoms with Gasteiger partial charge in [-0.3, -0.25) is 14.5 Å². The van der Waals surface area contributed by atoms with Crippen LogP contribution in [0.5, 0.6) is 0 Å². The molecule has 2 saturated heterocycles. The summed E-state index contributed by atoms with van der Waals surface area (Å²) in [6.07, 6.45) is 8.28. The third-order valence-corrected chi connectivity index (χ3v) is 6.06. The summed E-state index contributed by atoms with van der Waals surface area (Å²) in [6, 6.07) is 9.96. The maximum absolute atomic E-state index is 12.7. The maximum Gasteiger partial charge on any atom is 0.266 e. The van der Waals surface area contributed by atoms with Crippen molar-refractivity contribution in [3.05, 3.63) is 52.4 Å². The van der Waals surface area contributed by atoms with Gasteiger partial charge in [0.05, 0.1) is 4.91 Å². The van der Waals surface area contributed by atoms with E-state index >= 15 is 0 Å². The lowest BCUT2D eigenvalue weighted by Crippen LogP contribution is -2.42. The normalized spacial score (nSPS) is 20.3. The van der Waals surface area contributed by atoms with E-state index in [1.165, 1.54) is 29.5 Å². The molecule has 2 aliphatic rings. The first-order chi connectivity index (χ1) is 13.0. The number of amides is 2. The minimum atomic E-state index is -0.172. The molecule has 6 heteroatoms. The van der Waals surface area contributed by atoms with Crippen LogP contribution in [0.2, 0.25) is 0 Å². The van der Waals surface area contributed by atoms with Crippen LogP contribution >= 0.6 is 24.0 Å². The van der Waals surface area contributed by atoms with Crippen LogP contribution in [-0.2, 0) is 9.59 Å². The SMILES string of the molecule is CC(/C=C1\SC(=S)N(CC(=O)N2CCCCCC2)C1=O)=C\c1ccccc1. The molecule has 0 N–H and O–H groups in total.